The third-order valence-electron chi connectivity index (χ3n) is 4.11. The van der Waals surface area contributed by atoms with Gasteiger partial charge in [-0.15, -0.1) is 0 Å². The van der Waals surface area contributed by atoms with Gasteiger partial charge >= 0.3 is 5.97 Å². The van der Waals surface area contributed by atoms with E-state index in [2.05, 4.69) is 0 Å². The molecule has 0 spiro atoms. The molecule has 27 heavy (non-hydrogen) atoms. The predicted octanol–water partition coefficient (Wildman–Crippen LogP) is 3.27. The largest absolute Gasteiger partial charge is 0.490 e. The maximum atomic E-state index is 12.3. The number of benzene rings is 2. The monoisotopic (exact) mass is 370 g/mol. The number of ether oxygens (including phenoxy) is 4. The van der Waals surface area contributed by atoms with Gasteiger partial charge in [0.05, 0.1) is 13.2 Å². The fourth-order valence-corrected chi connectivity index (χ4v) is 2.71. The molecule has 6 nitrogen and oxygen atoms in total. The van der Waals surface area contributed by atoms with Crippen LogP contribution in [0.3, 0.4) is 0 Å². The first kappa shape index (κ1) is 18.8. The van der Waals surface area contributed by atoms with Gasteiger partial charge in [-0.2, -0.15) is 0 Å². The Balaban J connectivity index is 1.51. The molecule has 2 aromatic rings. The van der Waals surface area contributed by atoms with E-state index in [9.17, 15) is 9.59 Å². The summed E-state index contributed by atoms with van der Waals surface area (Å²) in [6.07, 6.45) is 0.788. The number of aryl methyl sites for hydroxylation is 2. The second-order valence-corrected chi connectivity index (χ2v) is 6.35. The van der Waals surface area contributed by atoms with Crippen LogP contribution in [0.25, 0.3) is 0 Å². The van der Waals surface area contributed by atoms with E-state index in [4.69, 9.17) is 18.9 Å². The molecule has 3 rings (SSSR count). The first-order valence-electron chi connectivity index (χ1n) is 8.81. The zero-order chi connectivity index (χ0) is 19.2. The van der Waals surface area contributed by atoms with E-state index in [-0.39, 0.29) is 19.0 Å². The van der Waals surface area contributed by atoms with E-state index in [0.29, 0.717) is 36.0 Å². The Morgan fingerprint density at radius 3 is 2.52 bits per heavy atom. The molecule has 0 aromatic heterocycles. The van der Waals surface area contributed by atoms with Gasteiger partial charge in [0.25, 0.3) is 0 Å². The molecule has 0 bridgehead atoms. The second kappa shape index (κ2) is 8.58. The van der Waals surface area contributed by atoms with Crippen molar-refractivity contribution in [2.24, 2.45) is 0 Å². The Kier molecular flexibility index (Phi) is 5.96. The van der Waals surface area contributed by atoms with Crippen LogP contribution in [0.2, 0.25) is 0 Å². The smallest absolute Gasteiger partial charge is 0.344 e. The van der Waals surface area contributed by atoms with Gasteiger partial charge in [0.15, 0.2) is 30.5 Å². The summed E-state index contributed by atoms with van der Waals surface area (Å²) in [6.45, 7) is 4.40. The van der Waals surface area contributed by atoms with E-state index >= 15 is 0 Å². The molecule has 0 N–H and O–H groups in total. The van der Waals surface area contributed by atoms with Gasteiger partial charge in [0, 0.05) is 12.0 Å². The minimum Gasteiger partial charge on any atom is -0.490 e. The van der Waals surface area contributed by atoms with Gasteiger partial charge in [-0.1, -0.05) is 17.7 Å². The molecule has 0 fully saturated rings. The number of esters is 1. The molecule has 0 saturated carbocycles. The number of hydrogen-bond donors (Lipinski definition) is 0. The van der Waals surface area contributed by atoms with E-state index in [1.54, 1.807) is 24.3 Å². The van der Waals surface area contributed by atoms with Gasteiger partial charge in [-0.25, -0.2) is 4.79 Å². The van der Waals surface area contributed by atoms with Crippen molar-refractivity contribution in [3.05, 3.63) is 53.1 Å². The van der Waals surface area contributed by atoms with Crippen molar-refractivity contribution in [3.8, 4) is 17.2 Å². The number of ketones is 1. The fourth-order valence-electron chi connectivity index (χ4n) is 2.71. The maximum Gasteiger partial charge on any atom is 0.344 e. The van der Waals surface area contributed by atoms with Crippen molar-refractivity contribution in [2.45, 2.75) is 20.3 Å². The van der Waals surface area contributed by atoms with Crippen molar-refractivity contribution >= 4 is 11.8 Å². The van der Waals surface area contributed by atoms with E-state index < -0.39 is 5.97 Å². The van der Waals surface area contributed by atoms with Gasteiger partial charge in [-0.05, 0) is 43.7 Å². The Morgan fingerprint density at radius 2 is 1.74 bits per heavy atom. The second-order valence-electron chi connectivity index (χ2n) is 6.35. The van der Waals surface area contributed by atoms with Crippen molar-refractivity contribution in [1.29, 1.82) is 0 Å². The molecule has 0 aliphatic carbocycles. The number of carbonyl (C=O) groups excluding carboxylic acids is 2. The van der Waals surface area contributed by atoms with Crippen molar-refractivity contribution in [3.63, 3.8) is 0 Å². The van der Waals surface area contributed by atoms with Gasteiger partial charge in [0.1, 0.15) is 5.75 Å². The van der Waals surface area contributed by atoms with E-state index in [0.717, 1.165) is 17.5 Å². The normalized spacial score (nSPS) is 12.8. The number of rotatable bonds is 6. The highest BCUT2D eigenvalue weighted by Gasteiger charge is 2.16. The van der Waals surface area contributed by atoms with Crippen LogP contribution in [0, 0.1) is 13.8 Å². The topological polar surface area (TPSA) is 71.1 Å². The average molecular weight is 370 g/mol. The Hall–Kier alpha value is -3.02. The van der Waals surface area contributed by atoms with E-state index in [1.807, 2.05) is 26.0 Å². The van der Waals surface area contributed by atoms with Crippen molar-refractivity contribution in [2.75, 3.05) is 26.4 Å². The van der Waals surface area contributed by atoms with Crippen LogP contribution in [-0.4, -0.2) is 38.2 Å². The molecule has 0 saturated heterocycles. The first-order chi connectivity index (χ1) is 13.0. The van der Waals surface area contributed by atoms with Crippen molar-refractivity contribution < 1.29 is 28.5 Å². The molecule has 2 aromatic carbocycles. The lowest BCUT2D eigenvalue weighted by Crippen LogP contribution is -2.19. The number of fused-ring (bicyclic) bond motifs is 1. The molecule has 6 heteroatoms. The minimum atomic E-state index is -0.599. The first-order valence-corrected chi connectivity index (χ1v) is 8.81. The SMILES string of the molecule is Cc1ccc(OCC(=O)OCC(=O)c2ccc3c(c2)OCCCO3)c(C)c1. The molecule has 0 unspecified atom stereocenters. The zero-order valence-electron chi connectivity index (χ0n) is 15.4. The summed E-state index contributed by atoms with van der Waals surface area (Å²) >= 11 is 0. The Labute approximate surface area is 158 Å². The molecule has 1 heterocycles. The maximum absolute atomic E-state index is 12.3. The summed E-state index contributed by atoms with van der Waals surface area (Å²) < 4.78 is 21.6. The van der Waals surface area contributed by atoms with Gasteiger partial charge < -0.3 is 18.9 Å². The summed E-state index contributed by atoms with van der Waals surface area (Å²) in [5, 5.41) is 0. The third-order valence-corrected chi connectivity index (χ3v) is 4.11. The van der Waals surface area contributed by atoms with Crippen LogP contribution in [0.5, 0.6) is 17.2 Å². The zero-order valence-corrected chi connectivity index (χ0v) is 15.4. The molecule has 0 radical (unpaired) electrons. The highest BCUT2D eigenvalue weighted by Crippen LogP contribution is 2.30. The van der Waals surface area contributed by atoms with Crippen LogP contribution in [-0.2, 0) is 9.53 Å². The number of hydrogen-bond acceptors (Lipinski definition) is 6. The lowest BCUT2D eigenvalue weighted by atomic mass is 10.1. The van der Waals surface area contributed by atoms with Crippen molar-refractivity contribution in [1.82, 2.24) is 0 Å². The standard InChI is InChI=1S/C21H22O6/c1-14-4-6-18(15(2)10-14)26-13-21(23)27-12-17(22)16-5-7-19-20(11-16)25-9-3-8-24-19/h4-7,10-11H,3,8-9,12-13H2,1-2H3. The summed E-state index contributed by atoms with van der Waals surface area (Å²) in [5.41, 5.74) is 2.46. The molecule has 142 valence electrons. The summed E-state index contributed by atoms with van der Waals surface area (Å²) in [6, 6.07) is 10.6. The highest BCUT2D eigenvalue weighted by atomic mass is 16.6. The van der Waals surface area contributed by atoms with Crippen LogP contribution >= 0.6 is 0 Å². The lowest BCUT2D eigenvalue weighted by Gasteiger charge is -2.10. The molecular weight excluding hydrogens is 348 g/mol. The van der Waals surface area contributed by atoms with Crippen LogP contribution < -0.4 is 14.2 Å². The Morgan fingerprint density at radius 1 is 0.963 bits per heavy atom. The molecular formula is C21H22O6. The van der Waals surface area contributed by atoms with Gasteiger partial charge in [0.2, 0.25) is 0 Å². The number of Topliss-reactive ketones (excluding diaryl/α,β-unsaturated/α-hetero) is 1. The van der Waals surface area contributed by atoms with Crippen LogP contribution in [0.15, 0.2) is 36.4 Å². The summed E-state index contributed by atoms with van der Waals surface area (Å²) in [5.74, 6) is 0.848. The molecule has 1 aliphatic rings. The minimum absolute atomic E-state index is 0.252. The van der Waals surface area contributed by atoms with E-state index in [1.165, 1.54) is 0 Å². The highest BCUT2D eigenvalue weighted by molar-refractivity contribution is 5.98. The average Bonchev–Trinajstić information content (AvgIpc) is 2.90. The lowest BCUT2D eigenvalue weighted by molar-refractivity contribution is -0.144. The fraction of sp³-hybridized carbons (Fsp3) is 0.333. The summed E-state index contributed by atoms with van der Waals surface area (Å²) in [7, 11) is 0. The number of carbonyl (C=O) groups is 2. The predicted molar refractivity (Wildman–Crippen MR) is 98.7 cm³/mol. The third kappa shape index (κ3) is 5.00. The Bertz CT molecular complexity index is 843. The molecule has 1 aliphatic heterocycles. The molecule has 0 atom stereocenters. The molecule has 0 amide bonds. The van der Waals surface area contributed by atoms with Crippen LogP contribution in [0.4, 0.5) is 0 Å². The quantitative estimate of drug-likeness (QED) is 0.574. The summed E-state index contributed by atoms with van der Waals surface area (Å²) in [4.78, 5) is 24.1. The van der Waals surface area contributed by atoms with Gasteiger partial charge in [-0.3, -0.25) is 4.79 Å². The van der Waals surface area contributed by atoms with Crippen LogP contribution in [0.1, 0.15) is 27.9 Å².